The fourth-order valence-corrected chi connectivity index (χ4v) is 0.753. The maximum Gasteiger partial charge on any atom is 0.426 e. The van der Waals surface area contributed by atoms with Crippen LogP contribution in [0.5, 0.6) is 0 Å². The molecule has 1 rings (SSSR count). The summed E-state index contributed by atoms with van der Waals surface area (Å²) in [5, 5.41) is 2.54. The lowest BCUT2D eigenvalue weighted by Crippen LogP contribution is -2.47. The van der Waals surface area contributed by atoms with Crippen LogP contribution < -0.4 is 5.32 Å². The maximum absolute atomic E-state index is 11.1. The van der Waals surface area contributed by atoms with Crippen LogP contribution in [-0.4, -0.2) is 30.9 Å². The highest BCUT2D eigenvalue weighted by molar-refractivity contribution is 5.77. The fraction of sp³-hybridized carbons (Fsp3) is 0.333. The molecule has 0 fully saturated rings. The van der Waals surface area contributed by atoms with Gasteiger partial charge in [0.05, 0.1) is 13.2 Å². The largest absolute Gasteiger partial charge is 0.426 e. The Hall–Kier alpha value is -1.16. The molecule has 10 heavy (non-hydrogen) atoms. The number of carbonyl (C=O) groups is 1. The molecule has 1 heterocycles. The number of nitrogens with one attached hydrogen (secondary N) is 1. The first-order valence-electron chi connectivity index (χ1n) is 2.99. The van der Waals surface area contributed by atoms with Crippen molar-refractivity contribution in [2.45, 2.75) is 0 Å². The van der Waals surface area contributed by atoms with Crippen molar-refractivity contribution in [3.8, 4) is 0 Å². The van der Waals surface area contributed by atoms with Gasteiger partial charge in [0, 0.05) is 7.05 Å². The van der Waals surface area contributed by atoms with E-state index in [0.29, 0.717) is 0 Å². The number of rotatable bonds is 0. The number of hydrogen-bond donors (Lipinski definition) is 1. The zero-order valence-electron chi connectivity index (χ0n) is 6.03. The first-order valence-corrected chi connectivity index (χ1v) is 2.99. The molecule has 0 saturated heterocycles. The molecule has 0 bridgehead atoms. The van der Waals surface area contributed by atoms with Gasteiger partial charge in [0.1, 0.15) is 6.20 Å². The lowest BCUT2D eigenvalue weighted by Gasteiger charge is -2.16. The Morgan fingerprint density at radius 3 is 2.80 bits per heavy atom. The summed E-state index contributed by atoms with van der Waals surface area (Å²) in [6.45, 7) is 0. The molecular weight excluding hydrogens is 130 g/mol. The van der Waals surface area contributed by atoms with Gasteiger partial charge >= 0.3 is 6.03 Å². The summed E-state index contributed by atoms with van der Waals surface area (Å²) in [5.74, 6) is 0. The molecule has 0 aliphatic carbocycles. The van der Waals surface area contributed by atoms with Crippen LogP contribution in [0, 0.1) is 0 Å². The van der Waals surface area contributed by atoms with E-state index in [-0.39, 0.29) is 10.5 Å². The minimum absolute atomic E-state index is 0.0856. The summed E-state index contributed by atoms with van der Waals surface area (Å²) in [6.07, 6.45) is 4.88. The first-order chi connectivity index (χ1) is 4.69. The molecular formula is C6H10N3O+. The van der Waals surface area contributed by atoms with Crippen LogP contribution in [0.15, 0.2) is 17.4 Å². The van der Waals surface area contributed by atoms with Gasteiger partial charge in [-0.25, -0.2) is 9.79 Å². The molecule has 4 nitrogen and oxygen atoms in total. The van der Waals surface area contributed by atoms with E-state index in [1.54, 1.807) is 32.8 Å². The van der Waals surface area contributed by atoms with Crippen LogP contribution >= 0.6 is 0 Å². The van der Waals surface area contributed by atoms with Crippen molar-refractivity contribution in [2.75, 3.05) is 14.1 Å². The molecule has 0 aromatic heterocycles. The molecule has 1 unspecified atom stereocenters. The molecule has 54 valence electrons. The van der Waals surface area contributed by atoms with E-state index in [1.807, 2.05) is 0 Å². The number of quaternary nitrogens is 1. The predicted molar refractivity (Wildman–Crippen MR) is 38.3 cm³/mol. The Balaban J connectivity index is 2.79. The van der Waals surface area contributed by atoms with Crippen LogP contribution in [0.25, 0.3) is 0 Å². The number of amides is 2. The summed E-state index contributed by atoms with van der Waals surface area (Å²) >= 11 is 0. The molecule has 0 saturated carbocycles. The van der Waals surface area contributed by atoms with Gasteiger partial charge in [-0.2, -0.15) is 4.48 Å². The quantitative estimate of drug-likeness (QED) is 0.482. The van der Waals surface area contributed by atoms with Gasteiger partial charge in [0.2, 0.25) is 6.34 Å². The zero-order chi connectivity index (χ0) is 7.61. The third kappa shape index (κ3) is 0.930. The third-order valence-electron chi connectivity index (χ3n) is 1.42. The second-order valence-electron chi connectivity index (χ2n) is 2.27. The summed E-state index contributed by atoms with van der Waals surface area (Å²) in [4.78, 5) is 14.9. The van der Waals surface area contributed by atoms with Crippen molar-refractivity contribution in [3.63, 3.8) is 0 Å². The van der Waals surface area contributed by atoms with Gasteiger partial charge in [0.25, 0.3) is 0 Å². The zero-order valence-corrected chi connectivity index (χ0v) is 6.03. The van der Waals surface area contributed by atoms with Crippen LogP contribution in [-0.2, 0) is 0 Å². The van der Waals surface area contributed by atoms with Crippen molar-refractivity contribution in [2.24, 2.45) is 4.99 Å². The highest BCUT2D eigenvalue weighted by Crippen LogP contribution is 2.06. The standard InChI is InChI=1S/C6H9N3O/c1-7-6(10)9(2)4-3-8-5-9/h3-5H,1-2H3/p+1. The third-order valence-corrected chi connectivity index (χ3v) is 1.42. The van der Waals surface area contributed by atoms with Crippen LogP contribution in [0.1, 0.15) is 0 Å². The highest BCUT2D eigenvalue weighted by atomic mass is 16.2. The molecule has 4 heteroatoms. The van der Waals surface area contributed by atoms with E-state index in [2.05, 4.69) is 10.3 Å². The van der Waals surface area contributed by atoms with Crippen LogP contribution in [0.2, 0.25) is 0 Å². The molecule has 1 N–H and O–H groups in total. The Bertz CT molecular complexity index is 195. The topological polar surface area (TPSA) is 41.5 Å². The van der Waals surface area contributed by atoms with E-state index in [0.717, 1.165) is 0 Å². The van der Waals surface area contributed by atoms with E-state index in [4.69, 9.17) is 0 Å². The number of aliphatic imine (C=N–C) groups is 1. The van der Waals surface area contributed by atoms with Crippen molar-refractivity contribution in [1.82, 2.24) is 5.32 Å². The van der Waals surface area contributed by atoms with E-state index in [9.17, 15) is 4.79 Å². The lowest BCUT2D eigenvalue weighted by atomic mass is 10.6. The number of nitrogens with zero attached hydrogens (tertiary/aromatic N) is 2. The normalized spacial score (nSPS) is 29.0. The fourth-order valence-electron chi connectivity index (χ4n) is 0.753. The summed E-state index contributed by atoms with van der Waals surface area (Å²) in [5.41, 5.74) is 0. The Morgan fingerprint density at radius 1 is 1.70 bits per heavy atom. The van der Waals surface area contributed by atoms with Gasteiger partial charge < -0.3 is 5.32 Å². The Labute approximate surface area is 59.4 Å². The summed E-state index contributed by atoms with van der Waals surface area (Å²) in [6, 6.07) is -0.0856. The molecule has 1 atom stereocenters. The predicted octanol–water partition coefficient (Wildman–Crippen LogP) is 0.286. The number of carbonyl (C=O) groups excluding carboxylic acids is 1. The molecule has 0 spiro atoms. The number of hydrogen-bond acceptors (Lipinski definition) is 2. The van der Waals surface area contributed by atoms with Gasteiger partial charge in [-0.15, -0.1) is 0 Å². The minimum Gasteiger partial charge on any atom is -0.308 e. The van der Waals surface area contributed by atoms with Gasteiger partial charge in [0.15, 0.2) is 0 Å². The summed E-state index contributed by atoms with van der Waals surface area (Å²) < 4.78 is 0.108. The van der Waals surface area contributed by atoms with Gasteiger partial charge in [-0.3, -0.25) is 0 Å². The smallest absolute Gasteiger partial charge is 0.308 e. The summed E-state index contributed by atoms with van der Waals surface area (Å²) in [7, 11) is 3.36. The van der Waals surface area contributed by atoms with Crippen LogP contribution in [0.3, 0.4) is 0 Å². The molecule has 1 aliphatic rings. The molecule has 0 radical (unpaired) electrons. The molecule has 2 amide bonds. The van der Waals surface area contributed by atoms with Gasteiger partial charge in [-0.1, -0.05) is 0 Å². The van der Waals surface area contributed by atoms with E-state index >= 15 is 0 Å². The average Bonchev–Trinajstić information content (AvgIpc) is 2.36. The molecule has 0 aromatic rings. The highest BCUT2D eigenvalue weighted by Gasteiger charge is 2.28. The van der Waals surface area contributed by atoms with Crippen molar-refractivity contribution in [3.05, 3.63) is 12.4 Å². The monoisotopic (exact) mass is 140 g/mol. The Morgan fingerprint density at radius 2 is 2.40 bits per heavy atom. The Kier molecular flexibility index (Phi) is 1.55. The van der Waals surface area contributed by atoms with Crippen molar-refractivity contribution in [1.29, 1.82) is 0 Å². The lowest BCUT2D eigenvalue weighted by molar-refractivity contribution is -0.665. The van der Waals surface area contributed by atoms with E-state index < -0.39 is 0 Å². The molecule has 0 aromatic carbocycles. The first kappa shape index (κ1) is 6.95. The van der Waals surface area contributed by atoms with Crippen molar-refractivity contribution < 1.29 is 9.28 Å². The number of urea groups is 1. The SMILES string of the molecule is CNC(=O)[N+]1(C)C=CN=C1. The van der Waals surface area contributed by atoms with Crippen molar-refractivity contribution >= 4 is 12.4 Å². The van der Waals surface area contributed by atoms with Gasteiger partial charge in [-0.05, 0) is 0 Å². The van der Waals surface area contributed by atoms with Crippen LogP contribution in [0.4, 0.5) is 4.79 Å². The second-order valence-corrected chi connectivity index (χ2v) is 2.27. The van der Waals surface area contributed by atoms with E-state index in [1.165, 1.54) is 0 Å². The molecule has 1 aliphatic heterocycles. The maximum atomic E-state index is 11.1. The average molecular weight is 140 g/mol. The minimum atomic E-state index is -0.0856. The second kappa shape index (κ2) is 2.22.